The zero-order valence-corrected chi connectivity index (χ0v) is 13.2. The van der Waals surface area contributed by atoms with Crippen LogP contribution in [-0.2, 0) is 7.05 Å². The fraction of sp³-hybridized carbons (Fsp3) is 0.250. The quantitative estimate of drug-likeness (QED) is 0.808. The lowest BCUT2D eigenvalue weighted by Gasteiger charge is -2.08. The van der Waals surface area contributed by atoms with Gasteiger partial charge in [-0.3, -0.25) is 4.68 Å². The van der Waals surface area contributed by atoms with Crippen molar-refractivity contribution in [2.45, 2.75) is 19.9 Å². The molecular formula is C16H18N4S. The van der Waals surface area contributed by atoms with Crippen LogP contribution < -0.4 is 5.73 Å². The molecule has 1 unspecified atom stereocenters. The number of nitrogens with zero attached hydrogens (tertiary/aromatic N) is 3. The van der Waals surface area contributed by atoms with E-state index in [1.165, 1.54) is 0 Å². The third-order valence-corrected chi connectivity index (χ3v) is 4.64. The topological polar surface area (TPSA) is 56.7 Å². The van der Waals surface area contributed by atoms with E-state index in [0.717, 1.165) is 33.2 Å². The van der Waals surface area contributed by atoms with Gasteiger partial charge in [-0.2, -0.15) is 5.10 Å². The molecule has 2 N–H and O–H groups in total. The first-order chi connectivity index (χ1) is 10.1. The van der Waals surface area contributed by atoms with Gasteiger partial charge < -0.3 is 5.73 Å². The first-order valence-electron chi connectivity index (χ1n) is 6.84. The lowest BCUT2D eigenvalue weighted by molar-refractivity contribution is 0.731. The molecule has 2 heterocycles. The molecule has 21 heavy (non-hydrogen) atoms. The minimum absolute atomic E-state index is 0.178. The lowest BCUT2D eigenvalue weighted by atomic mass is 10.1. The first-order valence-corrected chi connectivity index (χ1v) is 7.72. The summed E-state index contributed by atoms with van der Waals surface area (Å²) in [7, 11) is 1.95. The maximum atomic E-state index is 6.32. The molecule has 1 aromatic carbocycles. The Morgan fingerprint density at radius 1 is 1.19 bits per heavy atom. The number of rotatable bonds is 3. The van der Waals surface area contributed by atoms with Crippen molar-refractivity contribution in [3.8, 4) is 11.3 Å². The Hall–Kier alpha value is -1.98. The fourth-order valence-corrected chi connectivity index (χ4v) is 3.33. The highest BCUT2D eigenvalue weighted by atomic mass is 32.1. The molecule has 0 amide bonds. The van der Waals surface area contributed by atoms with Crippen LogP contribution in [0.2, 0.25) is 0 Å². The van der Waals surface area contributed by atoms with E-state index in [9.17, 15) is 0 Å². The minimum atomic E-state index is -0.178. The molecule has 5 heteroatoms. The SMILES string of the molecule is Cc1nn(C)c(C)c1-c1csc(C(N)c2ccccc2)n1. The second-order valence-corrected chi connectivity index (χ2v) is 6.02. The summed E-state index contributed by atoms with van der Waals surface area (Å²) >= 11 is 1.60. The highest BCUT2D eigenvalue weighted by molar-refractivity contribution is 7.10. The van der Waals surface area contributed by atoms with E-state index in [1.807, 2.05) is 49.0 Å². The smallest absolute Gasteiger partial charge is 0.115 e. The van der Waals surface area contributed by atoms with Crippen molar-refractivity contribution in [3.05, 3.63) is 57.7 Å². The number of aromatic nitrogens is 3. The number of nitrogens with two attached hydrogens (primary N) is 1. The third kappa shape index (κ3) is 2.50. The third-order valence-electron chi connectivity index (χ3n) is 3.71. The summed E-state index contributed by atoms with van der Waals surface area (Å²) in [5.74, 6) is 0. The monoisotopic (exact) mass is 298 g/mol. The summed E-state index contributed by atoms with van der Waals surface area (Å²) in [5.41, 5.74) is 11.6. The van der Waals surface area contributed by atoms with Crippen molar-refractivity contribution in [2.75, 3.05) is 0 Å². The summed E-state index contributed by atoms with van der Waals surface area (Å²) < 4.78 is 1.89. The average molecular weight is 298 g/mol. The van der Waals surface area contributed by atoms with Crippen molar-refractivity contribution in [1.29, 1.82) is 0 Å². The van der Waals surface area contributed by atoms with Crippen molar-refractivity contribution in [2.24, 2.45) is 12.8 Å². The molecule has 3 rings (SSSR count). The second kappa shape index (κ2) is 5.42. The molecule has 4 nitrogen and oxygen atoms in total. The normalized spacial score (nSPS) is 12.6. The summed E-state index contributed by atoms with van der Waals surface area (Å²) in [6.45, 7) is 4.07. The van der Waals surface area contributed by atoms with Crippen LogP contribution in [0.5, 0.6) is 0 Å². The summed E-state index contributed by atoms with van der Waals surface area (Å²) in [4.78, 5) is 4.73. The van der Waals surface area contributed by atoms with Crippen LogP contribution in [0.3, 0.4) is 0 Å². The Morgan fingerprint density at radius 2 is 1.90 bits per heavy atom. The Bertz CT molecular complexity index is 758. The van der Waals surface area contributed by atoms with Crippen molar-refractivity contribution in [3.63, 3.8) is 0 Å². The van der Waals surface area contributed by atoms with Gasteiger partial charge in [0, 0.05) is 23.7 Å². The maximum Gasteiger partial charge on any atom is 0.115 e. The molecule has 0 saturated carbocycles. The van der Waals surface area contributed by atoms with Crippen LogP contribution in [0.4, 0.5) is 0 Å². The number of benzene rings is 1. The molecule has 108 valence electrons. The maximum absolute atomic E-state index is 6.32. The van der Waals surface area contributed by atoms with Crippen LogP contribution in [-0.4, -0.2) is 14.8 Å². The van der Waals surface area contributed by atoms with E-state index in [4.69, 9.17) is 10.7 Å². The summed E-state index contributed by atoms with van der Waals surface area (Å²) in [6.07, 6.45) is 0. The van der Waals surface area contributed by atoms with Crippen molar-refractivity contribution >= 4 is 11.3 Å². The molecule has 3 aromatic rings. The molecule has 0 aliphatic carbocycles. The number of hydrogen-bond donors (Lipinski definition) is 1. The molecule has 0 spiro atoms. The van der Waals surface area contributed by atoms with E-state index < -0.39 is 0 Å². The van der Waals surface area contributed by atoms with Crippen molar-refractivity contribution in [1.82, 2.24) is 14.8 Å². The van der Waals surface area contributed by atoms with Gasteiger partial charge in [-0.1, -0.05) is 30.3 Å². The molecule has 0 saturated heterocycles. The van der Waals surface area contributed by atoms with Gasteiger partial charge in [-0.15, -0.1) is 11.3 Å². The molecule has 0 aliphatic heterocycles. The van der Waals surface area contributed by atoms with E-state index in [-0.39, 0.29) is 6.04 Å². The largest absolute Gasteiger partial charge is 0.318 e. The van der Waals surface area contributed by atoms with Gasteiger partial charge in [0.25, 0.3) is 0 Å². The van der Waals surface area contributed by atoms with Gasteiger partial charge in [-0.05, 0) is 19.4 Å². The van der Waals surface area contributed by atoms with E-state index >= 15 is 0 Å². The Labute approximate surface area is 128 Å². The van der Waals surface area contributed by atoms with E-state index in [1.54, 1.807) is 11.3 Å². The zero-order valence-electron chi connectivity index (χ0n) is 12.4. The molecule has 1 atom stereocenters. The number of aryl methyl sites for hydroxylation is 2. The molecule has 0 aliphatic rings. The number of hydrogen-bond acceptors (Lipinski definition) is 4. The molecular weight excluding hydrogens is 280 g/mol. The average Bonchev–Trinajstić information content (AvgIpc) is 3.05. The minimum Gasteiger partial charge on any atom is -0.318 e. The van der Waals surface area contributed by atoms with Crippen LogP contribution in [0.25, 0.3) is 11.3 Å². The Balaban J connectivity index is 1.97. The lowest BCUT2D eigenvalue weighted by Crippen LogP contribution is -2.11. The summed E-state index contributed by atoms with van der Waals surface area (Å²) in [6, 6.07) is 9.88. The number of thiazole rings is 1. The van der Waals surface area contributed by atoms with Gasteiger partial charge in [0.15, 0.2) is 0 Å². The van der Waals surface area contributed by atoms with Crippen LogP contribution in [0.15, 0.2) is 35.7 Å². The zero-order chi connectivity index (χ0) is 15.0. The van der Waals surface area contributed by atoms with Gasteiger partial charge >= 0.3 is 0 Å². The van der Waals surface area contributed by atoms with Gasteiger partial charge in [0.05, 0.1) is 17.4 Å². The molecule has 0 fully saturated rings. The van der Waals surface area contributed by atoms with Crippen LogP contribution in [0, 0.1) is 13.8 Å². The van der Waals surface area contributed by atoms with E-state index in [0.29, 0.717) is 0 Å². The first kappa shape index (κ1) is 14.0. The van der Waals surface area contributed by atoms with Gasteiger partial charge in [-0.25, -0.2) is 4.98 Å². The predicted molar refractivity (Wildman–Crippen MR) is 86.3 cm³/mol. The van der Waals surface area contributed by atoms with Crippen molar-refractivity contribution < 1.29 is 0 Å². The van der Waals surface area contributed by atoms with Crippen LogP contribution in [0.1, 0.15) is 28.0 Å². The van der Waals surface area contributed by atoms with E-state index in [2.05, 4.69) is 17.4 Å². The Kier molecular flexibility index (Phi) is 3.61. The highest BCUT2D eigenvalue weighted by Gasteiger charge is 2.18. The standard InChI is InChI=1S/C16H18N4S/c1-10-14(11(2)20(3)19-10)13-9-21-16(18-13)15(17)12-7-5-4-6-8-12/h4-9,15H,17H2,1-3H3. The van der Waals surface area contributed by atoms with Gasteiger partial charge in [0.1, 0.15) is 5.01 Å². The van der Waals surface area contributed by atoms with Crippen LogP contribution >= 0.6 is 11.3 Å². The molecule has 0 radical (unpaired) electrons. The summed E-state index contributed by atoms with van der Waals surface area (Å²) in [5, 5.41) is 7.44. The molecule has 0 bridgehead atoms. The molecule has 2 aromatic heterocycles. The fourth-order valence-electron chi connectivity index (χ4n) is 2.49. The van der Waals surface area contributed by atoms with Gasteiger partial charge in [0.2, 0.25) is 0 Å². The Morgan fingerprint density at radius 3 is 2.52 bits per heavy atom. The predicted octanol–water partition coefficient (Wildman–Crippen LogP) is 3.21. The highest BCUT2D eigenvalue weighted by Crippen LogP contribution is 2.31. The second-order valence-electron chi connectivity index (χ2n) is 5.13.